The Kier molecular flexibility index (Phi) is 9.34. The summed E-state index contributed by atoms with van der Waals surface area (Å²) in [7, 11) is -4.09. The molecule has 4 aromatic rings. The summed E-state index contributed by atoms with van der Waals surface area (Å²) in [5.74, 6) is -1.29. The highest BCUT2D eigenvalue weighted by molar-refractivity contribution is 7.89. The molecule has 1 N–H and O–H groups in total. The van der Waals surface area contributed by atoms with E-state index < -0.39 is 39.5 Å². The predicted octanol–water partition coefficient (Wildman–Crippen LogP) is 5.24. The number of alkyl halides is 3. The molecule has 0 unspecified atom stereocenters. The second-order valence-electron chi connectivity index (χ2n) is 11.5. The van der Waals surface area contributed by atoms with Crippen LogP contribution >= 0.6 is 0 Å². The Balaban J connectivity index is 1.24. The molecule has 1 atom stereocenters. The summed E-state index contributed by atoms with van der Waals surface area (Å²) in [5, 5.41) is 2.74. The lowest BCUT2D eigenvalue weighted by Crippen LogP contribution is -2.47. The predicted molar refractivity (Wildman–Crippen MR) is 168 cm³/mol. The van der Waals surface area contributed by atoms with Gasteiger partial charge in [-0.3, -0.25) is 4.79 Å². The summed E-state index contributed by atoms with van der Waals surface area (Å²) in [6, 6.07) is 16.0. The molecule has 2 saturated heterocycles. The zero-order valence-corrected chi connectivity index (χ0v) is 26.3. The van der Waals surface area contributed by atoms with Gasteiger partial charge in [0.05, 0.1) is 34.1 Å². The SMILES string of the molecule is O=C(NCc1cc(-c2cccc(C(F)(F)F)c2)nc(N2CCN(c3ccccc3F)CC2)n1)[C@@H]1CCCN1S(=O)(=O)c1ccc(F)cc1. The number of carbonyl (C=O) groups excluding carboxylic acids is 1. The number of para-hydroxylation sites is 1. The molecule has 48 heavy (non-hydrogen) atoms. The number of anilines is 2. The van der Waals surface area contributed by atoms with Crippen LogP contribution in [0, 0.1) is 11.6 Å². The lowest BCUT2D eigenvalue weighted by Gasteiger charge is -2.36. The maximum atomic E-state index is 14.4. The number of hydrogen-bond acceptors (Lipinski definition) is 7. The molecule has 2 aliphatic rings. The average Bonchev–Trinajstić information content (AvgIpc) is 3.59. The van der Waals surface area contributed by atoms with Crippen molar-refractivity contribution in [3.63, 3.8) is 0 Å². The third-order valence-corrected chi connectivity index (χ3v) is 10.3. The van der Waals surface area contributed by atoms with Crippen LogP contribution in [0.2, 0.25) is 0 Å². The molecule has 0 bridgehead atoms. The minimum atomic E-state index is -4.58. The Morgan fingerprint density at radius 2 is 1.56 bits per heavy atom. The van der Waals surface area contributed by atoms with Crippen molar-refractivity contribution in [2.45, 2.75) is 36.5 Å². The second-order valence-corrected chi connectivity index (χ2v) is 13.4. The fourth-order valence-electron chi connectivity index (χ4n) is 5.90. The van der Waals surface area contributed by atoms with Crippen LogP contribution in [0.15, 0.2) is 83.8 Å². The zero-order valence-electron chi connectivity index (χ0n) is 25.5. The van der Waals surface area contributed by atoms with Crippen LogP contribution in [0.3, 0.4) is 0 Å². The normalized spacial score (nSPS) is 17.5. The molecule has 2 fully saturated rings. The van der Waals surface area contributed by atoms with Crippen molar-refractivity contribution in [2.24, 2.45) is 0 Å². The molecule has 0 aliphatic carbocycles. The number of halogens is 5. The molecule has 6 rings (SSSR count). The quantitative estimate of drug-likeness (QED) is 0.254. The summed E-state index contributed by atoms with van der Waals surface area (Å²) >= 11 is 0. The van der Waals surface area contributed by atoms with E-state index in [1.165, 1.54) is 24.3 Å². The topological polar surface area (TPSA) is 98.7 Å². The zero-order chi connectivity index (χ0) is 34.1. The molecule has 0 saturated carbocycles. The highest BCUT2D eigenvalue weighted by Crippen LogP contribution is 2.33. The molecule has 9 nitrogen and oxygen atoms in total. The molecule has 3 aromatic carbocycles. The number of carbonyl (C=O) groups is 1. The summed E-state index contributed by atoms with van der Waals surface area (Å²) in [6.07, 6.45) is -3.87. The lowest BCUT2D eigenvalue weighted by molar-refractivity contribution is -0.137. The first-order valence-electron chi connectivity index (χ1n) is 15.3. The van der Waals surface area contributed by atoms with Gasteiger partial charge in [-0.25, -0.2) is 27.2 Å². The first-order chi connectivity index (χ1) is 22.9. The molecule has 0 radical (unpaired) electrons. The van der Waals surface area contributed by atoms with Crippen molar-refractivity contribution in [3.05, 3.63) is 102 Å². The number of benzene rings is 3. The van der Waals surface area contributed by atoms with E-state index >= 15 is 0 Å². The first-order valence-corrected chi connectivity index (χ1v) is 16.7. The number of rotatable bonds is 8. The second kappa shape index (κ2) is 13.5. The highest BCUT2D eigenvalue weighted by Gasteiger charge is 2.39. The number of piperazine rings is 1. The van der Waals surface area contributed by atoms with Gasteiger partial charge in [-0.2, -0.15) is 17.5 Å². The van der Waals surface area contributed by atoms with Crippen molar-refractivity contribution < 1.29 is 35.2 Å². The van der Waals surface area contributed by atoms with E-state index in [1.807, 2.05) is 9.80 Å². The van der Waals surface area contributed by atoms with Gasteiger partial charge in [0.1, 0.15) is 17.7 Å². The Morgan fingerprint density at radius 3 is 2.27 bits per heavy atom. The van der Waals surface area contributed by atoms with Gasteiger partial charge >= 0.3 is 6.18 Å². The van der Waals surface area contributed by atoms with Gasteiger partial charge in [-0.15, -0.1) is 0 Å². The van der Waals surface area contributed by atoms with Gasteiger partial charge in [0.25, 0.3) is 0 Å². The van der Waals surface area contributed by atoms with Gasteiger partial charge < -0.3 is 15.1 Å². The third-order valence-electron chi connectivity index (χ3n) is 8.38. The first kappa shape index (κ1) is 33.3. The summed E-state index contributed by atoms with van der Waals surface area (Å²) in [4.78, 5) is 26.1. The Morgan fingerprint density at radius 1 is 0.854 bits per heavy atom. The van der Waals surface area contributed by atoms with Crippen molar-refractivity contribution in [3.8, 4) is 11.3 Å². The van der Waals surface area contributed by atoms with E-state index in [0.29, 0.717) is 44.0 Å². The molecule has 3 heterocycles. The van der Waals surface area contributed by atoms with Crippen LogP contribution < -0.4 is 15.1 Å². The number of hydrogen-bond donors (Lipinski definition) is 1. The maximum absolute atomic E-state index is 14.4. The fourth-order valence-corrected chi connectivity index (χ4v) is 7.56. The monoisotopic (exact) mass is 686 g/mol. The standard InChI is InChI=1S/C33H31F5N6O3S/c34-24-10-12-26(13-11-24)48(46,47)44-14-4-9-30(44)31(45)39-21-25-20-28(22-5-3-6-23(19-22)33(36,37)38)41-32(40-25)43-17-15-42(16-18-43)29-8-2-1-7-27(29)35/h1-3,5-8,10-13,19-20,30H,4,9,14-18,21H2,(H,39,45)/t30-/m0/s1. The summed E-state index contributed by atoms with van der Waals surface area (Å²) in [6.45, 7) is 1.60. The van der Waals surface area contributed by atoms with Gasteiger partial charge in [0.15, 0.2) is 0 Å². The third kappa shape index (κ3) is 7.11. The van der Waals surface area contributed by atoms with Crippen LogP contribution in [0.25, 0.3) is 11.3 Å². The Hall–Kier alpha value is -4.63. The minimum absolute atomic E-state index is 0.105. The average molecular weight is 687 g/mol. The number of sulfonamides is 1. The molecule has 0 spiro atoms. The van der Waals surface area contributed by atoms with E-state index in [9.17, 15) is 35.2 Å². The van der Waals surface area contributed by atoms with E-state index in [-0.39, 0.29) is 47.4 Å². The van der Waals surface area contributed by atoms with Crippen LogP contribution in [-0.4, -0.2) is 67.4 Å². The minimum Gasteiger partial charge on any atom is -0.366 e. The van der Waals surface area contributed by atoms with Crippen molar-refractivity contribution in [1.29, 1.82) is 0 Å². The lowest BCUT2D eigenvalue weighted by atomic mass is 10.1. The van der Waals surface area contributed by atoms with Crippen LogP contribution in [0.1, 0.15) is 24.1 Å². The van der Waals surface area contributed by atoms with Crippen molar-refractivity contribution in [2.75, 3.05) is 42.5 Å². The number of nitrogens with zero attached hydrogens (tertiary/aromatic N) is 5. The van der Waals surface area contributed by atoms with Crippen molar-refractivity contribution in [1.82, 2.24) is 19.6 Å². The molecular weight excluding hydrogens is 655 g/mol. The highest BCUT2D eigenvalue weighted by atomic mass is 32.2. The summed E-state index contributed by atoms with van der Waals surface area (Å²) < 4.78 is 96.1. The van der Waals surface area contributed by atoms with E-state index in [0.717, 1.165) is 40.7 Å². The number of aromatic nitrogens is 2. The molecule has 1 aromatic heterocycles. The van der Waals surface area contributed by atoms with Crippen LogP contribution in [0.4, 0.5) is 33.6 Å². The van der Waals surface area contributed by atoms with Gasteiger partial charge in [0, 0.05) is 38.3 Å². The van der Waals surface area contributed by atoms with Crippen LogP contribution in [0.5, 0.6) is 0 Å². The van der Waals surface area contributed by atoms with E-state index in [2.05, 4.69) is 15.3 Å². The molecule has 252 valence electrons. The van der Waals surface area contributed by atoms with Gasteiger partial charge in [0.2, 0.25) is 21.9 Å². The molecule has 1 amide bonds. The largest absolute Gasteiger partial charge is 0.416 e. The molecular formula is C33H31F5N6O3S. The smallest absolute Gasteiger partial charge is 0.366 e. The van der Waals surface area contributed by atoms with E-state index in [4.69, 9.17) is 0 Å². The van der Waals surface area contributed by atoms with Gasteiger partial charge in [-0.05, 0) is 67.4 Å². The Labute approximate surface area is 274 Å². The number of amides is 1. The molecule has 15 heteroatoms. The fraction of sp³-hybridized carbons (Fsp3) is 0.303. The van der Waals surface area contributed by atoms with E-state index in [1.54, 1.807) is 18.2 Å². The number of nitrogens with one attached hydrogen (secondary N) is 1. The Bertz CT molecular complexity index is 1900. The molecule has 2 aliphatic heterocycles. The van der Waals surface area contributed by atoms with Crippen molar-refractivity contribution >= 4 is 27.6 Å². The summed E-state index contributed by atoms with van der Waals surface area (Å²) in [5.41, 5.74) is 0.300. The van der Waals surface area contributed by atoms with Crippen LogP contribution in [-0.2, 0) is 27.5 Å². The van der Waals surface area contributed by atoms with Gasteiger partial charge in [-0.1, -0.05) is 24.3 Å². The maximum Gasteiger partial charge on any atom is 0.416 e.